The van der Waals surface area contributed by atoms with E-state index in [0.717, 1.165) is 11.3 Å². The highest BCUT2D eigenvalue weighted by atomic mass is 28.4. The van der Waals surface area contributed by atoms with E-state index >= 15 is 0 Å². The first-order valence-corrected chi connectivity index (χ1v) is 13.1. The standard InChI is InChI=1S/C14H24O2Si2/c1-17(2,3)15-12-11-13-9-7-8-10-14(13)16-18(4,5)6/h7-12H,1-6H3/b12-11-. The van der Waals surface area contributed by atoms with Gasteiger partial charge in [-0.05, 0) is 51.4 Å². The fourth-order valence-corrected chi connectivity index (χ4v) is 2.67. The lowest BCUT2D eigenvalue weighted by Gasteiger charge is -2.21. The third kappa shape index (κ3) is 6.07. The van der Waals surface area contributed by atoms with Gasteiger partial charge in [-0.1, -0.05) is 18.2 Å². The minimum atomic E-state index is -1.57. The fourth-order valence-electron chi connectivity index (χ4n) is 1.35. The molecule has 18 heavy (non-hydrogen) atoms. The first-order chi connectivity index (χ1) is 8.17. The first-order valence-electron chi connectivity index (χ1n) is 6.30. The van der Waals surface area contributed by atoms with E-state index in [-0.39, 0.29) is 0 Å². The summed E-state index contributed by atoms with van der Waals surface area (Å²) in [5.41, 5.74) is 1.08. The van der Waals surface area contributed by atoms with Gasteiger partial charge in [0, 0.05) is 5.56 Å². The van der Waals surface area contributed by atoms with E-state index in [1.165, 1.54) is 0 Å². The molecule has 0 heterocycles. The molecule has 0 atom stereocenters. The average molecular weight is 281 g/mol. The second-order valence-corrected chi connectivity index (χ2v) is 15.2. The summed E-state index contributed by atoms with van der Waals surface area (Å²) in [6.07, 6.45) is 3.80. The van der Waals surface area contributed by atoms with Crippen molar-refractivity contribution < 1.29 is 8.85 Å². The molecule has 2 nitrogen and oxygen atoms in total. The van der Waals surface area contributed by atoms with Crippen molar-refractivity contribution >= 4 is 22.7 Å². The van der Waals surface area contributed by atoms with Crippen LogP contribution in [0.15, 0.2) is 30.5 Å². The number of benzene rings is 1. The van der Waals surface area contributed by atoms with Gasteiger partial charge in [0.15, 0.2) is 0 Å². The highest BCUT2D eigenvalue weighted by molar-refractivity contribution is 6.70. The molecule has 0 spiro atoms. The Hall–Kier alpha value is -1.01. The van der Waals surface area contributed by atoms with Crippen molar-refractivity contribution in [3.8, 4) is 5.75 Å². The smallest absolute Gasteiger partial charge is 0.242 e. The zero-order valence-electron chi connectivity index (χ0n) is 12.3. The van der Waals surface area contributed by atoms with Crippen LogP contribution in [0.25, 0.3) is 6.08 Å². The number of rotatable bonds is 5. The van der Waals surface area contributed by atoms with E-state index in [9.17, 15) is 0 Å². The predicted octanol–water partition coefficient (Wildman–Crippen LogP) is 4.72. The van der Waals surface area contributed by atoms with Gasteiger partial charge in [0.2, 0.25) is 16.6 Å². The molecule has 0 fully saturated rings. The van der Waals surface area contributed by atoms with Crippen LogP contribution in [0.1, 0.15) is 5.56 Å². The summed E-state index contributed by atoms with van der Waals surface area (Å²) < 4.78 is 11.8. The third-order valence-corrected chi connectivity index (χ3v) is 3.68. The van der Waals surface area contributed by atoms with E-state index in [1.807, 2.05) is 24.3 Å². The summed E-state index contributed by atoms with van der Waals surface area (Å²) in [6, 6.07) is 8.10. The minimum absolute atomic E-state index is 0.951. The Balaban J connectivity index is 2.83. The van der Waals surface area contributed by atoms with Crippen molar-refractivity contribution in [3.05, 3.63) is 36.1 Å². The van der Waals surface area contributed by atoms with Gasteiger partial charge in [-0.25, -0.2) is 0 Å². The Morgan fingerprint density at radius 3 is 2.06 bits per heavy atom. The van der Waals surface area contributed by atoms with Crippen molar-refractivity contribution in [3.63, 3.8) is 0 Å². The van der Waals surface area contributed by atoms with E-state index in [1.54, 1.807) is 6.26 Å². The lowest BCUT2D eigenvalue weighted by Crippen LogP contribution is -2.29. The van der Waals surface area contributed by atoms with Crippen LogP contribution in [-0.2, 0) is 4.43 Å². The third-order valence-electron chi connectivity index (χ3n) is 2.00. The average Bonchev–Trinajstić information content (AvgIpc) is 2.16. The maximum absolute atomic E-state index is 6.06. The zero-order chi connectivity index (χ0) is 13.8. The lowest BCUT2D eigenvalue weighted by atomic mass is 10.2. The molecule has 1 rings (SSSR count). The van der Waals surface area contributed by atoms with Crippen LogP contribution >= 0.6 is 0 Å². The van der Waals surface area contributed by atoms with Crippen LogP contribution in [0.4, 0.5) is 0 Å². The van der Waals surface area contributed by atoms with Gasteiger partial charge in [0.1, 0.15) is 5.75 Å². The molecule has 0 aliphatic heterocycles. The molecule has 0 saturated carbocycles. The van der Waals surface area contributed by atoms with Crippen molar-refractivity contribution in [2.45, 2.75) is 39.3 Å². The monoisotopic (exact) mass is 280 g/mol. The molecular weight excluding hydrogens is 256 g/mol. The van der Waals surface area contributed by atoms with Gasteiger partial charge in [0.05, 0.1) is 6.26 Å². The summed E-state index contributed by atoms with van der Waals surface area (Å²) in [4.78, 5) is 0. The molecule has 0 aromatic heterocycles. The number of para-hydroxylation sites is 1. The van der Waals surface area contributed by atoms with Gasteiger partial charge < -0.3 is 8.85 Å². The molecule has 0 aliphatic rings. The lowest BCUT2D eigenvalue weighted by molar-refractivity contribution is 0.483. The van der Waals surface area contributed by atoms with Crippen LogP contribution in [-0.4, -0.2) is 16.6 Å². The van der Waals surface area contributed by atoms with Crippen molar-refractivity contribution in [1.82, 2.24) is 0 Å². The summed E-state index contributed by atoms with van der Waals surface area (Å²) in [5, 5.41) is 0. The van der Waals surface area contributed by atoms with Crippen LogP contribution in [0.2, 0.25) is 39.3 Å². The topological polar surface area (TPSA) is 18.5 Å². The summed E-state index contributed by atoms with van der Waals surface area (Å²) in [7, 11) is -3.07. The molecule has 0 bridgehead atoms. The maximum Gasteiger partial charge on any atom is 0.242 e. The van der Waals surface area contributed by atoms with Crippen LogP contribution in [0.5, 0.6) is 5.75 Å². The highest BCUT2D eigenvalue weighted by Crippen LogP contribution is 2.23. The summed E-state index contributed by atoms with van der Waals surface area (Å²) >= 11 is 0. The number of hydrogen-bond acceptors (Lipinski definition) is 2. The summed E-state index contributed by atoms with van der Waals surface area (Å²) in [6.45, 7) is 13.1. The SMILES string of the molecule is C[Si](C)(C)O/C=C\c1ccccc1O[Si](C)(C)C. The second kappa shape index (κ2) is 5.76. The Bertz CT molecular complexity index is 415. The van der Waals surface area contributed by atoms with E-state index in [0.29, 0.717) is 0 Å². The van der Waals surface area contributed by atoms with Gasteiger partial charge >= 0.3 is 0 Å². The van der Waals surface area contributed by atoms with Crippen LogP contribution in [0.3, 0.4) is 0 Å². The molecule has 0 radical (unpaired) electrons. The fraction of sp³-hybridized carbons (Fsp3) is 0.429. The van der Waals surface area contributed by atoms with Crippen LogP contribution in [0, 0.1) is 0 Å². The van der Waals surface area contributed by atoms with E-state index < -0.39 is 16.6 Å². The molecule has 0 aliphatic carbocycles. The van der Waals surface area contributed by atoms with E-state index in [4.69, 9.17) is 8.85 Å². The molecular formula is C14H24O2Si2. The number of hydrogen-bond donors (Lipinski definition) is 0. The predicted molar refractivity (Wildman–Crippen MR) is 83.9 cm³/mol. The van der Waals surface area contributed by atoms with Crippen molar-refractivity contribution in [2.24, 2.45) is 0 Å². The minimum Gasteiger partial charge on any atom is -0.550 e. The van der Waals surface area contributed by atoms with Crippen molar-refractivity contribution in [2.75, 3.05) is 0 Å². The molecule has 4 heteroatoms. The molecule has 0 unspecified atom stereocenters. The Kier molecular flexibility index (Phi) is 4.81. The normalized spacial score (nSPS) is 12.8. The van der Waals surface area contributed by atoms with Crippen LogP contribution < -0.4 is 4.43 Å². The van der Waals surface area contributed by atoms with Gasteiger partial charge in [0.25, 0.3) is 0 Å². The van der Waals surface area contributed by atoms with Gasteiger partial charge in [-0.15, -0.1) is 0 Å². The van der Waals surface area contributed by atoms with Gasteiger partial charge in [-0.2, -0.15) is 0 Å². The van der Waals surface area contributed by atoms with E-state index in [2.05, 4.69) is 45.3 Å². The molecule has 0 saturated heterocycles. The summed E-state index contributed by atoms with van der Waals surface area (Å²) in [5.74, 6) is 0.951. The quantitative estimate of drug-likeness (QED) is 0.574. The molecule has 1 aromatic carbocycles. The zero-order valence-corrected chi connectivity index (χ0v) is 14.3. The molecule has 1 aromatic rings. The highest BCUT2D eigenvalue weighted by Gasteiger charge is 2.17. The molecule has 100 valence electrons. The molecule has 0 amide bonds. The van der Waals surface area contributed by atoms with Crippen molar-refractivity contribution in [1.29, 1.82) is 0 Å². The first kappa shape index (κ1) is 15.1. The largest absolute Gasteiger partial charge is 0.550 e. The van der Waals surface area contributed by atoms with Gasteiger partial charge in [-0.3, -0.25) is 0 Å². The Labute approximate surface area is 113 Å². The maximum atomic E-state index is 6.06. The second-order valence-electron chi connectivity index (χ2n) is 6.29. The molecule has 0 N–H and O–H groups in total. The Morgan fingerprint density at radius 1 is 0.889 bits per heavy atom. The Morgan fingerprint density at radius 2 is 1.50 bits per heavy atom.